The van der Waals surface area contributed by atoms with Crippen LogP contribution in [0.1, 0.15) is 46.1 Å². The molecule has 3 aromatic rings. The molecule has 7 heteroatoms. The van der Waals surface area contributed by atoms with E-state index in [-0.39, 0.29) is 29.9 Å². The molecule has 2 aromatic heterocycles. The summed E-state index contributed by atoms with van der Waals surface area (Å²) in [5.74, 6) is -0.266. The molecule has 0 spiro atoms. The van der Waals surface area contributed by atoms with Gasteiger partial charge in [0.25, 0.3) is 5.91 Å². The molecule has 1 aromatic carbocycles. The smallest absolute Gasteiger partial charge is 0.290 e. The Hall–Kier alpha value is -3.06. The summed E-state index contributed by atoms with van der Waals surface area (Å²) >= 11 is 0. The number of likely N-dealkylation sites (tertiary alicyclic amines) is 1. The quantitative estimate of drug-likeness (QED) is 0.693. The molecule has 1 saturated heterocycles. The second-order valence-corrected chi connectivity index (χ2v) is 7.36. The van der Waals surface area contributed by atoms with Crippen LogP contribution >= 0.6 is 0 Å². The molecule has 0 saturated carbocycles. The van der Waals surface area contributed by atoms with Gasteiger partial charge in [-0.05, 0) is 48.7 Å². The van der Waals surface area contributed by atoms with Crippen molar-refractivity contribution in [1.29, 1.82) is 0 Å². The van der Waals surface area contributed by atoms with Crippen LogP contribution in [0.3, 0.4) is 0 Å². The van der Waals surface area contributed by atoms with Crippen LogP contribution in [0.5, 0.6) is 0 Å². The minimum absolute atomic E-state index is 0.181. The van der Waals surface area contributed by atoms with Gasteiger partial charge in [-0.3, -0.25) is 14.7 Å². The number of benzene rings is 1. The highest BCUT2D eigenvalue weighted by molar-refractivity contribution is 5.91. The number of pyridine rings is 1. The molecule has 150 valence electrons. The number of halogens is 1. The van der Waals surface area contributed by atoms with E-state index in [2.05, 4.69) is 26.4 Å². The Bertz CT molecular complexity index is 960. The zero-order chi connectivity index (χ0) is 20.1. The molecule has 6 nitrogen and oxygen atoms in total. The molecule has 4 rings (SSSR count). The largest absolute Gasteiger partial charge is 0.351 e. The fraction of sp³-hybridized carbons (Fsp3) is 0.318. The third kappa shape index (κ3) is 5.06. The van der Waals surface area contributed by atoms with E-state index in [1.165, 1.54) is 17.7 Å². The molecule has 1 amide bonds. The van der Waals surface area contributed by atoms with Crippen molar-refractivity contribution in [3.63, 3.8) is 0 Å². The standard InChI is InChI=1S/C22H23FN4O2/c23-19-7-1-4-16(10-19)13-25-22(28)21-11-20(26-29-21)18-6-3-9-27(15-18)14-17-5-2-8-24-12-17/h1-2,4-5,7-8,10-12,18H,3,6,9,13-15H2,(H,25,28). The van der Waals surface area contributed by atoms with Gasteiger partial charge in [-0.15, -0.1) is 0 Å². The maximum Gasteiger partial charge on any atom is 0.290 e. The van der Waals surface area contributed by atoms with Crippen LogP contribution in [-0.4, -0.2) is 34.0 Å². The number of aromatic nitrogens is 2. The van der Waals surface area contributed by atoms with Crippen molar-refractivity contribution < 1.29 is 13.7 Å². The number of nitrogens with zero attached hydrogens (tertiary/aromatic N) is 3. The number of nitrogens with one attached hydrogen (secondary N) is 1. The van der Waals surface area contributed by atoms with E-state index in [4.69, 9.17) is 4.52 Å². The van der Waals surface area contributed by atoms with Crippen LogP contribution in [0.25, 0.3) is 0 Å². The fourth-order valence-corrected chi connectivity index (χ4v) is 3.70. The van der Waals surface area contributed by atoms with Gasteiger partial charge in [0.2, 0.25) is 5.76 Å². The summed E-state index contributed by atoms with van der Waals surface area (Å²) in [6, 6.07) is 11.9. The normalized spacial score (nSPS) is 17.2. The lowest BCUT2D eigenvalue weighted by Crippen LogP contribution is -2.34. The van der Waals surface area contributed by atoms with Crippen LogP contribution < -0.4 is 5.32 Å². The highest BCUT2D eigenvalue weighted by atomic mass is 19.1. The van der Waals surface area contributed by atoms with Gasteiger partial charge in [-0.1, -0.05) is 23.4 Å². The molecule has 1 fully saturated rings. The second-order valence-electron chi connectivity index (χ2n) is 7.36. The van der Waals surface area contributed by atoms with Crippen molar-refractivity contribution in [3.8, 4) is 0 Å². The lowest BCUT2D eigenvalue weighted by Gasteiger charge is -2.31. The topological polar surface area (TPSA) is 71.3 Å². The van der Waals surface area contributed by atoms with E-state index in [0.717, 1.165) is 38.2 Å². The van der Waals surface area contributed by atoms with Crippen molar-refractivity contribution in [3.05, 3.63) is 83.3 Å². The molecule has 3 heterocycles. The summed E-state index contributed by atoms with van der Waals surface area (Å²) in [5.41, 5.74) is 2.68. The van der Waals surface area contributed by atoms with E-state index in [9.17, 15) is 9.18 Å². The van der Waals surface area contributed by atoms with Crippen LogP contribution in [0.15, 0.2) is 59.4 Å². The molecular formula is C22H23FN4O2. The molecule has 1 aliphatic heterocycles. The Kier molecular flexibility index (Phi) is 5.95. The van der Waals surface area contributed by atoms with Gasteiger partial charge in [-0.25, -0.2) is 4.39 Å². The van der Waals surface area contributed by atoms with Crippen molar-refractivity contribution >= 4 is 5.91 Å². The number of piperidine rings is 1. The van der Waals surface area contributed by atoms with Gasteiger partial charge in [0.1, 0.15) is 5.82 Å². The van der Waals surface area contributed by atoms with Gasteiger partial charge >= 0.3 is 0 Å². The van der Waals surface area contributed by atoms with Gasteiger partial charge in [-0.2, -0.15) is 0 Å². The van der Waals surface area contributed by atoms with E-state index < -0.39 is 0 Å². The summed E-state index contributed by atoms with van der Waals surface area (Å²) in [6.07, 6.45) is 5.75. The average Bonchev–Trinajstić information content (AvgIpc) is 3.24. The first kappa shape index (κ1) is 19.3. The number of rotatable bonds is 6. The third-order valence-electron chi connectivity index (χ3n) is 5.15. The van der Waals surface area contributed by atoms with Gasteiger partial charge < -0.3 is 9.84 Å². The van der Waals surface area contributed by atoms with Crippen LogP contribution in [0.4, 0.5) is 4.39 Å². The van der Waals surface area contributed by atoms with Gasteiger partial charge in [0, 0.05) is 44.0 Å². The summed E-state index contributed by atoms with van der Waals surface area (Å²) in [4.78, 5) is 18.9. The second kappa shape index (κ2) is 8.96. The first-order valence-corrected chi connectivity index (χ1v) is 9.78. The first-order valence-electron chi connectivity index (χ1n) is 9.78. The monoisotopic (exact) mass is 394 g/mol. The number of hydrogen-bond donors (Lipinski definition) is 1. The van der Waals surface area contributed by atoms with Crippen molar-refractivity contribution in [1.82, 2.24) is 20.4 Å². The Morgan fingerprint density at radius 2 is 2.14 bits per heavy atom. The minimum Gasteiger partial charge on any atom is -0.351 e. The maximum absolute atomic E-state index is 13.2. The molecule has 0 aliphatic carbocycles. The van der Waals surface area contributed by atoms with Gasteiger partial charge in [0.15, 0.2) is 0 Å². The van der Waals surface area contributed by atoms with Crippen LogP contribution in [0.2, 0.25) is 0 Å². The van der Waals surface area contributed by atoms with E-state index >= 15 is 0 Å². The highest BCUT2D eigenvalue weighted by Gasteiger charge is 2.25. The first-order chi connectivity index (χ1) is 14.2. The predicted octanol–water partition coefficient (Wildman–Crippen LogP) is 3.52. The van der Waals surface area contributed by atoms with Gasteiger partial charge in [0.05, 0.1) is 5.69 Å². The maximum atomic E-state index is 13.2. The van der Waals surface area contributed by atoms with Crippen LogP contribution in [-0.2, 0) is 13.1 Å². The Labute approximate surface area is 168 Å². The van der Waals surface area contributed by atoms with E-state index in [0.29, 0.717) is 5.56 Å². The molecule has 1 N–H and O–H groups in total. The summed E-state index contributed by atoms with van der Waals surface area (Å²) in [6.45, 7) is 2.98. The zero-order valence-electron chi connectivity index (χ0n) is 16.1. The molecule has 1 atom stereocenters. The lowest BCUT2D eigenvalue weighted by molar-refractivity contribution is 0.0913. The zero-order valence-corrected chi connectivity index (χ0v) is 16.1. The lowest BCUT2D eigenvalue weighted by atomic mass is 9.94. The average molecular weight is 394 g/mol. The van der Waals surface area contributed by atoms with Crippen molar-refractivity contribution in [2.45, 2.75) is 31.8 Å². The Morgan fingerprint density at radius 3 is 2.97 bits per heavy atom. The third-order valence-corrected chi connectivity index (χ3v) is 5.15. The summed E-state index contributed by atoms with van der Waals surface area (Å²) in [7, 11) is 0. The molecular weight excluding hydrogens is 371 g/mol. The van der Waals surface area contributed by atoms with Crippen LogP contribution in [0, 0.1) is 5.82 Å². The number of hydrogen-bond acceptors (Lipinski definition) is 5. The number of carbonyl (C=O) groups excluding carboxylic acids is 1. The molecule has 1 aliphatic rings. The molecule has 1 unspecified atom stereocenters. The molecule has 0 bridgehead atoms. The predicted molar refractivity (Wildman–Crippen MR) is 106 cm³/mol. The van der Waals surface area contributed by atoms with E-state index in [1.807, 2.05) is 12.3 Å². The Morgan fingerprint density at radius 1 is 1.24 bits per heavy atom. The molecule has 29 heavy (non-hydrogen) atoms. The van der Waals surface area contributed by atoms with Crippen molar-refractivity contribution in [2.24, 2.45) is 0 Å². The Balaban J connectivity index is 1.34. The number of amides is 1. The van der Waals surface area contributed by atoms with Crippen molar-refractivity contribution in [2.75, 3.05) is 13.1 Å². The fourth-order valence-electron chi connectivity index (χ4n) is 3.70. The highest BCUT2D eigenvalue weighted by Crippen LogP contribution is 2.27. The van der Waals surface area contributed by atoms with E-state index in [1.54, 1.807) is 24.4 Å². The summed E-state index contributed by atoms with van der Waals surface area (Å²) < 4.78 is 18.5. The SMILES string of the molecule is O=C(NCc1cccc(F)c1)c1cc(C2CCCN(Cc3cccnc3)C2)no1. The minimum atomic E-state index is -0.351. The number of carbonyl (C=O) groups is 1. The summed E-state index contributed by atoms with van der Waals surface area (Å²) in [5, 5.41) is 6.88. The molecule has 0 radical (unpaired) electrons.